The number of methoxy groups -OCH3 is 1. The maximum atomic E-state index is 12.4. The predicted molar refractivity (Wildman–Crippen MR) is 126 cm³/mol. The Hall–Kier alpha value is -4.28. The molecule has 33 heavy (non-hydrogen) atoms. The summed E-state index contributed by atoms with van der Waals surface area (Å²) in [6.07, 6.45) is 0. The Morgan fingerprint density at radius 2 is 1.91 bits per heavy atom. The Labute approximate surface area is 197 Å². The van der Waals surface area contributed by atoms with Gasteiger partial charge in [0.2, 0.25) is 0 Å². The third kappa shape index (κ3) is 4.81. The van der Waals surface area contributed by atoms with Gasteiger partial charge in [-0.2, -0.15) is 10.5 Å². The smallest absolute Gasteiger partial charge is 0.268 e. The number of aryl methyl sites for hydroxylation is 1. The van der Waals surface area contributed by atoms with Crippen LogP contribution in [0.2, 0.25) is 0 Å². The molecule has 0 saturated carbocycles. The standard InChI is InChI=1S/C23H18BrN5O4/c1-12-5-3-4-6-17(12)28-19(30)11-33-21-16(24)7-13(8-18(21)32-2)20-14(9-25)22(27)29-23(31)15(20)10-26/h3-8H,11H2,1-2H3,(H,28,30)(H3,27,29,31). The number of carbonyl (C=O) groups excluding carboxylic acids is 1. The van der Waals surface area contributed by atoms with Gasteiger partial charge in [0.05, 0.1) is 11.6 Å². The highest BCUT2D eigenvalue weighted by Gasteiger charge is 2.22. The maximum Gasteiger partial charge on any atom is 0.268 e. The number of amides is 1. The highest BCUT2D eigenvalue weighted by molar-refractivity contribution is 9.10. The molecule has 0 spiro atoms. The van der Waals surface area contributed by atoms with Crippen molar-refractivity contribution in [1.82, 2.24) is 4.98 Å². The molecule has 0 radical (unpaired) electrons. The van der Waals surface area contributed by atoms with Gasteiger partial charge in [0, 0.05) is 11.3 Å². The molecule has 3 rings (SSSR count). The molecule has 0 atom stereocenters. The summed E-state index contributed by atoms with van der Waals surface area (Å²) < 4.78 is 11.5. The molecule has 0 aliphatic rings. The van der Waals surface area contributed by atoms with E-state index in [1.165, 1.54) is 13.2 Å². The molecule has 0 saturated heterocycles. The fourth-order valence-corrected chi connectivity index (χ4v) is 3.73. The van der Waals surface area contributed by atoms with E-state index in [1.54, 1.807) is 12.1 Å². The molecule has 4 N–H and O–H groups in total. The number of pyridine rings is 1. The van der Waals surface area contributed by atoms with Gasteiger partial charge in [0.15, 0.2) is 18.1 Å². The SMILES string of the molecule is COc1cc(-c2c(C#N)c(N)[nH]c(=O)c2C#N)cc(Br)c1OCC(=O)Nc1ccccc1C. The van der Waals surface area contributed by atoms with E-state index in [9.17, 15) is 20.1 Å². The van der Waals surface area contributed by atoms with Crippen LogP contribution in [0.15, 0.2) is 45.7 Å². The van der Waals surface area contributed by atoms with Gasteiger partial charge in [-0.05, 0) is 52.2 Å². The third-order valence-electron chi connectivity index (χ3n) is 4.75. The van der Waals surface area contributed by atoms with E-state index in [0.29, 0.717) is 15.7 Å². The first-order valence-corrected chi connectivity index (χ1v) is 10.3. The fourth-order valence-electron chi connectivity index (χ4n) is 3.17. The van der Waals surface area contributed by atoms with Gasteiger partial charge in [0.1, 0.15) is 29.1 Å². The van der Waals surface area contributed by atoms with E-state index in [1.807, 2.05) is 37.3 Å². The molecule has 1 heterocycles. The minimum Gasteiger partial charge on any atom is -0.493 e. The first-order chi connectivity index (χ1) is 15.8. The number of aromatic amines is 1. The quantitative estimate of drug-likeness (QED) is 0.461. The van der Waals surface area contributed by atoms with E-state index in [-0.39, 0.29) is 46.5 Å². The zero-order valence-corrected chi connectivity index (χ0v) is 19.2. The lowest BCUT2D eigenvalue weighted by Gasteiger charge is -2.16. The first kappa shape index (κ1) is 23.4. The predicted octanol–water partition coefficient (Wildman–Crippen LogP) is 3.46. The molecular weight excluding hydrogens is 490 g/mol. The normalized spacial score (nSPS) is 10.1. The summed E-state index contributed by atoms with van der Waals surface area (Å²) in [6.45, 7) is 1.58. The van der Waals surface area contributed by atoms with E-state index in [2.05, 4.69) is 26.2 Å². The molecule has 0 aliphatic heterocycles. The Bertz CT molecular complexity index is 1390. The molecule has 0 fully saturated rings. The largest absolute Gasteiger partial charge is 0.493 e. The lowest BCUT2D eigenvalue weighted by Crippen LogP contribution is -2.21. The molecule has 10 heteroatoms. The summed E-state index contributed by atoms with van der Waals surface area (Å²) in [5.41, 5.74) is 6.75. The summed E-state index contributed by atoms with van der Waals surface area (Å²) in [6, 6.07) is 14.1. The number of aromatic nitrogens is 1. The number of anilines is 2. The average molecular weight is 508 g/mol. The lowest BCUT2D eigenvalue weighted by atomic mass is 9.96. The summed E-state index contributed by atoms with van der Waals surface area (Å²) in [7, 11) is 1.40. The van der Waals surface area contributed by atoms with Crippen molar-refractivity contribution in [1.29, 1.82) is 10.5 Å². The second kappa shape index (κ2) is 9.90. The van der Waals surface area contributed by atoms with Crippen LogP contribution in [-0.4, -0.2) is 24.6 Å². The number of ether oxygens (including phenoxy) is 2. The number of hydrogen-bond donors (Lipinski definition) is 3. The van der Waals surface area contributed by atoms with Gasteiger partial charge in [-0.1, -0.05) is 18.2 Å². The number of nitrogens with zero attached hydrogens (tertiary/aromatic N) is 2. The summed E-state index contributed by atoms with van der Waals surface area (Å²) in [5, 5.41) is 21.8. The molecular formula is C23H18BrN5O4. The van der Waals surface area contributed by atoms with Crippen LogP contribution in [0.25, 0.3) is 11.1 Å². The van der Waals surface area contributed by atoms with E-state index < -0.39 is 5.56 Å². The van der Waals surface area contributed by atoms with Crippen molar-refractivity contribution in [2.75, 3.05) is 24.8 Å². The molecule has 2 aromatic carbocycles. The third-order valence-corrected chi connectivity index (χ3v) is 5.34. The van der Waals surface area contributed by atoms with Crippen LogP contribution in [0, 0.1) is 29.6 Å². The number of nitriles is 2. The summed E-state index contributed by atoms with van der Waals surface area (Å²) >= 11 is 3.37. The minimum absolute atomic E-state index is 0.0496. The Balaban J connectivity index is 1.96. The number of nitrogens with one attached hydrogen (secondary N) is 2. The van der Waals surface area contributed by atoms with Crippen molar-refractivity contribution in [2.45, 2.75) is 6.92 Å². The summed E-state index contributed by atoms with van der Waals surface area (Å²) in [5.74, 6) is -0.0752. The van der Waals surface area contributed by atoms with E-state index in [0.717, 1.165) is 5.56 Å². The number of benzene rings is 2. The monoisotopic (exact) mass is 507 g/mol. The van der Waals surface area contributed by atoms with Crippen LogP contribution >= 0.6 is 15.9 Å². The second-order valence-corrected chi connectivity index (χ2v) is 7.71. The second-order valence-electron chi connectivity index (χ2n) is 6.86. The zero-order valence-electron chi connectivity index (χ0n) is 17.7. The van der Waals surface area contributed by atoms with Gasteiger partial charge in [-0.25, -0.2) is 0 Å². The molecule has 166 valence electrons. The molecule has 3 aromatic rings. The van der Waals surface area contributed by atoms with Crippen LogP contribution in [0.3, 0.4) is 0 Å². The number of nitrogens with two attached hydrogens (primary N) is 1. The van der Waals surface area contributed by atoms with Crippen molar-refractivity contribution in [3.8, 4) is 34.8 Å². The topological polar surface area (TPSA) is 154 Å². The number of H-pyrrole nitrogens is 1. The van der Waals surface area contributed by atoms with Crippen molar-refractivity contribution in [3.63, 3.8) is 0 Å². The van der Waals surface area contributed by atoms with Crippen molar-refractivity contribution in [2.24, 2.45) is 0 Å². The molecule has 0 aliphatic carbocycles. The van der Waals surface area contributed by atoms with Gasteiger partial charge in [-0.15, -0.1) is 0 Å². The Kier molecular flexibility index (Phi) is 7.01. The van der Waals surface area contributed by atoms with Gasteiger partial charge >= 0.3 is 0 Å². The number of nitrogen functional groups attached to an aromatic ring is 1. The fraction of sp³-hybridized carbons (Fsp3) is 0.130. The number of para-hydroxylation sites is 1. The van der Waals surface area contributed by atoms with Gasteiger partial charge in [0.25, 0.3) is 11.5 Å². The number of hydrogen-bond acceptors (Lipinski definition) is 7. The van der Waals surface area contributed by atoms with Crippen molar-refractivity contribution < 1.29 is 14.3 Å². The van der Waals surface area contributed by atoms with E-state index in [4.69, 9.17) is 15.2 Å². The molecule has 9 nitrogen and oxygen atoms in total. The summed E-state index contributed by atoms with van der Waals surface area (Å²) in [4.78, 5) is 26.9. The highest BCUT2D eigenvalue weighted by atomic mass is 79.9. The lowest BCUT2D eigenvalue weighted by molar-refractivity contribution is -0.118. The molecule has 0 unspecified atom stereocenters. The number of carbonyl (C=O) groups is 1. The van der Waals surface area contributed by atoms with Crippen molar-refractivity contribution >= 4 is 33.3 Å². The van der Waals surface area contributed by atoms with Crippen molar-refractivity contribution in [3.05, 3.63) is 67.9 Å². The first-order valence-electron chi connectivity index (χ1n) is 9.52. The van der Waals surface area contributed by atoms with Crippen LogP contribution < -0.4 is 26.1 Å². The number of halogens is 1. The van der Waals surface area contributed by atoms with Crippen LogP contribution in [0.1, 0.15) is 16.7 Å². The maximum absolute atomic E-state index is 12.4. The Morgan fingerprint density at radius 1 is 1.21 bits per heavy atom. The molecule has 1 amide bonds. The minimum atomic E-state index is -0.715. The molecule has 1 aromatic heterocycles. The van der Waals surface area contributed by atoms with E-state index >= 15 is 0 Å². The van der Waals surface area contributed by atoms with Gasteiger partial charge in [-0.3, -0.25) is 9.59 Å². The van der Waals surface area contributed by atoms with Crippen LogP contribution in [0.4, 0.5) is 11.5 Å². The highest BCUT2D eigenvalue weighted by Crippen LogP contribution is 2.41. The van der Waals surface area contributed by atoms with Crippen LogP contribution in [0.5, 0.6) is 11.5 Å². The number of rotatable bonds is 6. The molecule has 0 bridgehead atoms. The van der Waals surface area contributed by atoms with Gasteiger partial charge < -0.3 is 25.5 Å². The van der Waals surface area contributed by atoms with Crippen LogP contribution in [-0.2, 0) is 4.79 Å². The average Bonchev–Trinajstić information content (AvgIpc) is 2.78. The zero-order chi connectivity index (χ0) is 24.1. The Morgan fingerprint density at radius 3 is 2.55 bits per heavy atom.